The number of methoxy groups -OCH3 is 1. The van der Waals surface area contributed by atoms with E-state index in [-0.39, 0.29) is 12.1 Å². The summed E-state index contributed by atoms with van der Waals surface area (Å²) < 4.78 is 6.91. The second-order valence-corrected chi connectivity index (χ2v) is 7.51. The minimum Gasteiger partial charge on any atom is -0.494 e. The standard InChI is InChI=1S/C17H19N7O2S/c1-10-19-16-13(4-3-5-15(16)27-10)21-17(25)20-12-7-6-11(8-14(12)26-2)24-9-18-22-23-24/h6-9,13H,3-5H2,1-2H3,(H2,20,21,25)/t13-/m0/s1. The number of tetrazole rings is 1. The van der Waals surface area contributed by atoms with E-state index in [1.165, 1.54) is 15.9 Å². The van der Waals surface area contributed by atoms with Crippen LogP contribution < -0.4 is 15.4 Å². The van der Waals surface area contributed by atoms with E-state index in [1.54, 1.807) is 36.6 Å². The fraction of sp³-hybridized carbons (Fsp3) is 0.353. The van der Waals surface area contributed by atoms with E-state index in [0.717, 1.165) is 35.7 Å². The number of hydrogen-bond donors (Lipinski definition) is 2. The molecule has 2 N–H and O–H groups in total. The summed E-state index contributed by atoms with van der Waals surface area (Å²) >= 11 is 1.71. The molecule has 0 saturated carbocycles. The number of anilines is 1. The Morgan fingerprint density at radius 1 is 1.41 bits per heavy atom. The number of nitrogens with zero attached hydrogens (tertiary/aromatic N) is 5. The first-order valence-electron chi connectivity index (χ1n) is 8.59. The number of urea groups is 1. The molecular formula is C17H19N7O2S. The molecule has 0 spiro atoms. The van der Waals surface area contributed by atoms with Crippen molar-refractivity contribution < 1.29 is 9.53 Å². The molecule has 1 aromatic carbocycles. The van der Waals surface area contributed by atoms with E-state index >= 15 is 0 Å². The number of benzene rings is 1. The van der Waals surface area contributed by atoms with E-state index in [9.17, 15) is 4.79 Å². The lowest BCUT2D eigenvalue weighted by Crippen LogP contribution is -2.34. The summed E-state index contributed by atoms with van der Waals surface area (Å²) in [5.74, 6) is 0.520. The quantitative estimate of drug-likeness (QED) is 0.715. The Kier molecular flexibility index (Phi) is 4.71. The van der Waals surface area contributed by atoms with Gasteiger partial charge in [0.2, 0.25) is 0 Å². The fourth-order valence-electron chi connectivity index (χ4n) is 3.20. The molecule has 10 heteroatoms. The van der Waals surface area contributed by atoms with Crippen molar-refractivity contribution in [1.29, 1.82) is 0 Å². The normalized spacial score (nSPS) is 15.9. The average Bonchev–Trinajstić information content (AvgIpc) is 3.31. The molecule has 140 valence electrons. The number of rotatable bonds is 4. The molecule has 2 aromatic heterocycles. The molecule has 0 unspecified atom stereocenters. The number of hydrogen-bond acceptors (Lipinski definition) is 7. The number of aryl methyl sites for hydroxylation is 2. The van der Waals surface area contributed by atoms with Crippen LogP contribution in [-0.4, -0.2) is 38.3 Å². The van der Waals surface area contributed by atoms with Crippen molar-refractivity contribution in [3.63, 3.8) is 0 Å². The van der Waals surface area contributed by atoms with Crippen LogP contribution in [0.4, 0.5) is 10.5 Å². The summed E-state index contributed by atoms with van der Waals surface area (Å²) in [5.41, 5.74) is 2.30. The van der Waals surface area contributed by atoms with E-state index in [0.29, 0.717) is 11.4 Å². The minimum absolute atomic E-state index is 0.0646. The van der Waals surface area contributed by atoms with Crippen LogP contribution in [0.15, 0.2) is 24.5 Å². The van der Waals surface area contributed by atoms with Gasteiger partial charge in [0.05, 0.1) is 35.2 Å². The largest absolute Gasteiger partial charge is 0.494 e. The van der Waals surface area contributed by atoms with Crippen molar-refractivity contribution in [2.75, 3.05) is 12.4 Å². The third kappa shape index (κ3) is 3.61. The van der Waals surface area contributed by atoms with Gasteiger partial charge in [-0.1, -0.05) is 0 Å². The smallest absolute Gasteiger partial charge is 0.319 e. The molecule has 0 bridgehead atoms. The minimum atomic E-state index is -0.285. The molecule has 4 rings (SSSR count). The highest BCUT2D eigenvalue weighted by atomic mass is 32.1. The number of ether oxygens (including phenoxy) is 1. The molecule has 0 radical (unpaired) electrons. The zero-order valence-electron chi connectivity index (χ0n) is 15.0. The number of thiazole rings is 1. The van der Waals surface area contributed by atoms with Gasteiger partial charge in [0.25, 0.3) is 0 Å². The summed E-state index contributed by atoms with van der Waals surface area (Å²) in [5, 5.41) is 18.0. The second-order valence-electron chi connectivity index (χ2n) is 6.22. The lowest BCUT2D eigenvalue weighted by molar-refractivity contribution is 0.246. The van der Waals surface area contributed by atoms with Gasteiger partial charge in [-0.15, -0.1) is 16.4 Å². The van der Waals surface area contributed by atoms with Crippen LogP contribution in [0.5, 0.6) is 5.75 Å². The van der Waals surface area contributed by atoms with Gasteiger partial charge in [-0.25, -0.2) is 14.5 Å². The molecule has 0 saturated heterocycles. The molecule has 3 aromatic rings. The first kappa shape index (κ1) is 17.4. The highest BCUT2D eigenvalue weighted by molar-refractivity contribution is 7.11. The van der Waals surface area contributed by atoms with Crippen molar-refractivity contribution in [3.05, 3.63) is 40.1 Å². The van der Waals surface area contributed by atoms with E-state index in [4.69, 9.17) is 4.74 Å². The molecule has 2 amide bonds. The SMILES string of the molecule is COc1cc(-n2cnnn2)ccc1NC(=O)N[C@H]1CCCc2sc(C)nc21. The van der Waals surface area contributed by atoms with Gasteiger partial charge in [-0.3, -0.25) is 0 Å². The first-order valence-corrected chi connectivity index (χ1v) is 9.41. The number of carbonyl (C=O) groups is 1. The Hall–Kier alpha value is -3.01. The highest BCUT2D eigenvalue weighted by Crippen LogP contribution is 2.33. The monoisotopic (exact) mass is 385 g/mol. The lowest BCUT2D eigenvalue weighted by Gasteiger charge is -2.22. The third-order valence-corrected chi connectivity index (χ3v) is 5.46. The zero-order valence-corrected chi connectivity index (χ0v) is 15.8. The summed E-state index contributed by atoms with van der Waals surface area (Å²) in [6.45, 7) is 2.00. The maximum Gasteiger partial charge on any atom is 0.319 e. The maximum absolute atomic E-state index is 12.5. The Morgan fingerprint density at radius 2 is 2.30 bits per heavy atom. The number of amides is 2. The molecule has 1 atom stereocenters. The molecule has 0 fully saturated rings. The number of carbonyl (C=O) groups excluding carboxylic acids is 1. The number of nitrogens with one attached hydrogen (secondary N) is 2. The Labute approximate surface area is 159 Å². The van der Waals surface area contributed by atoms with Gasteiger partial charge in [-0.2, -0.15) is 0 Å². The molecule has 27 heavy (non-hydrogen) atoms. The predicted octanol–water partition coefficient (Wildman–Crippen LogP) is 2.63. The van der Waals surface area contributed by atoms with Crippen molar-refractivity contribution in [2.24, 2.45) is 0 Å². The average molecular weight is 385 g/mol. The van der Waals surface area contributed by atoms with Crippen LogP contribution in [0, 0.1) is 6.92 Å². The van der Waals surface area contributed by atoms with E-state index in [1.807, 2.05) is 6.92 Å². The first-order chi connectivity index (χ1) is 13.1. The summed E-state index contributed by atoms with van der Waals surface area (Å²) in [6, 6.07) is 4.97. The van der Waals surface area contributed by atoms with Gasteiger partial charge in [0, 0.05) is 10.9 Å². The predicted molar refractivity (Wildman–Crippen MR) is 100 cm³/mol. The maximum atomic E-state index is 12.5. The van der Waals surface area contributed by atoms with Gasteiger partial charge in [0.15, 0.2) is 0 Å². The molecular weight excluding hydrogens is 366 g/mol. The molecule has 2 heterocycles. The topological polar surface area (TPSA) is 107 Å². The second kappa shape index (κ2) is 7.31. The lowest BCUT2D eigenvalue weighted by atomic mass is 9.98. The van der Waals surface area contributed by atoms with Crippen LogP contribution in [0.3, 0.4) is 0 Å². The van der Waals surface area contributed by atoms with Crippen LogP contribution >= 0.6 is 11.3 Å². The highest BCUT2D eigenvalue weighted by Gasteiger charge is 2.25. The third-order valence-electron chi connectivity index (χ3n) is 4.41. The molecule has 9 nitrogen and oxygen atoms in total. The Morgan fingerprint density at radius 3 is 3.07 bits per heavy atom. The van der Waals surface area contributed by atoms with Crippen molar-refractivity contribution >= 4 is 23.1 Å². The summed E-state index contributed by atoms with van der Waals surface area (Å²) in [6.07, 6.45) is 4.46. The molecule has 0 aliphatic heterocycles. The van der Waals surface area contributed by atoms with Crippen molar-refractivity contribution in [1.82, 2.24) is 30.5 Å². The molecule has 1 aliphatic carbocycles. The number of fused-ring (bicyclic) bond motifs is 1. The van der Waals surface area contributed by atoms with Crippen LogP contribution in [0.1, 0.15) is 34.5 Å². The van der Waals surface area contributed by atoms with Gasteiger partial charge >= 0.3 is 6.03 Å². The van der Waals surface area contributed by atoms with Gasteiger partial charge in [-0.05, 0) is 48.7 Å². The van der Waals surface area contributed by atoms with Crippen molar-refractivity contribution in [2.45, 2.75) is 32.2 Å². The van der Waals surface area contributed by atoms with Crippen LogP contribution in [0.25, 0.3) is 5.69 Å². The van der Waals surface area contributed by atoms with E-state index < -0.39 is 0 Å². The van der Waals surface area contributed by atoms with Crippen LogP contribution in [0.2, 0.25) is 0 Å². The van der Waals surface area contributed by atoms with E-state index in [2.05, 4.69) is 31.1 Å². The summed E-state index contributed by atoms with van der Waals surface area (Å²) in [4.78, 5) is 18.4. The zero-order chi connectivity index (χ0) is 18.8. The van der Waals surface area contributed by atoms with Gasteiger partial charge < -0.3 is 15.4 Å². The Bertz CT molecular complexity index is 954. The summed E-state index contributed by atoms with van der Waals surface area (Å²) in [7, 11) is 1.55. The van der Waals surface area contributed by atoms with Crippen LogP contribution in [-0.2, 0) is 6.42 Å². The Balaban J connectivity index is 1.48. The van der Waals surface area contributed by atoms with Crippen molar-refractivity contribution in [3.8, 4) is 11.4 Å². The molecule has 1 aliphatic rings. The fourth-order valence-corrected chi connectivity index (χ4v) is 4.24. The van der Waals surface area contributed by atoms with Gasteiger partial charge in [0.1, 0.15) is 12.1 Å². The number of aromatic nitrogens is 5.